The molecule has 0 radical (unpaired) electrons. The summed E-state index contributed by atoms with van der Waals surface area (Å²) in [5.74, 6) is -0.134. The topological polar surface area (TPSA) is 75.9 Å². The van der Waals surface area contributed by atoms with Crippen LogP contribution >= 0.6 is 12.2 Å². The second-order valence-electron chi connectivity index (χ2n) is 3.98. The molecule has 0 aromatic heterocycles. The maximum absolute atomic E-state index is 11.6. The van der Waals surface area contributed by atoms with Gasteiger partial charge in [-0.1, -0.05) is 12.2 Å². The zero-order chi connectivity index (χ0) is 13.0. The number of rotatable bonds is 5. The van der Waals surface area contributed by atoms with Gasteiger partial charge in [-0.2, -0.15) is 0 Å². The Morgan fingerprint density at radius 3 is 2.71 bits per heavy atom. The van der Waals surface area contributed by atoms with Crippen LogP contribution in [0.25, 0.3) is 0 Å². The van der Waals surface area contributed by atoms with Crippen LogP contribution in [0.5, 0.6) is 0 Å². The molecule has 96 valence electrons. The lowest BCUT2D eigenvalue weighted by molar-refractivity contribution is -0.149. The molecule has 17 heavy (non-hydrogen) atoms. The van der Waals surface area contributed by atoms with Crippen LogP contribution in [0.3, 0.4) is 0 Å². The number of piperazine rings is 1. The molecule has 0 saturated carbocycles. The van der Waals surface area contributed by atoms with E-state index in [0.29, 0.717) is 13.2 Å². The quantitative estimate of drug-likeness (QED) is 0.640. The minimum atomic E-state index is -0.316. The molecule has 0 aliphatic carbocycles. The third kappa shape index (κ3) is 3.94. The van der Waals surface area contributed by atoms with Crippen molar-refractivity contribution in [1.29, 1.82) is 0 Å². The van der Waals surface area contributed by atoms with Gasteiger partial charge in [-0.25, -0.2) is 0 Å². The summed E-state index contributed by atoms with van der Waals surface area (Å²) in [6.45, 7) is 2.69. The number of nitrogens with zero attached hydrogens (tertiary/aromatic N) is 2. The van der Waals surface area contributed by atoms with Gasteiger partial charge in [0.15, 0.2) is 0 Å². The summed E-state index contributed by atoms with van der Waals surface area (Å²) in [5, 5.41) is 0. The number of nitrogens with two attached hydrogens (primary N) is 1. The Bertz CT molecular complexity index is 335. The van der Waals surface area contributed by atoms with Gasteiger partial charge in [-0.15, -0.1) is 0 Å². The van der Waals surface area contributed by atoms with Crippen molar-refractivity contribution in [2.24, 2.45) is 5.73 Å². The molecule has 1 atom stereocenters. The first-order valence-electron chi connectivity index (χ1n) is 5.34. The Morgan fingerprint density at radius 1 is 1.47 bits per heavy atom. The summed E-state index contributed by atoms with van der Waals surface area (Å²) in [6, 6.07) is 0. The zero-order valence-electron chi connectivity index (χ0n) is 10.0. The molecule has 0 spiro atoms. The number of hydrogen-bond acceptors (Lipinski definition) is 4. The molecule has 1 aliphatic heterocycles. The van der Waals surface area contributed by atoms with E-state index in [1.54, 1.807) is 14.0 Å². The van der Waals surface area contributed by atoms with Crippen molar-refractivity contribution in [1.82, 2.24) is 9.80 Å². The number of thiocarbonyl (C=S) groups is 1. The summed E-state index contributed by atoms with van der Waals surface area (Å²) >= 11 is 4.76. The minimum Gasteiger partial charge on any atom is -0.391 e. The molecular weight excluding hydrogens is 242 g/mol. The lowest BCUT2D eigenvalue weighted by Gasteiger charge is -2.31. The van der Waals surface area contributed by atoms with Gasteiger partial charge >= 0.3 is 0 Å². The standard InChI is InChI=1S/C10H17N3O3S/c1-7(10(11)17)16-4-3-13-6-8(14)12(2)5-9(13)15/h7H,3-6H2,1-2H3,(H2,11,17). The fraction of sp³-hybridized carbons (Fsp3) is 0.700. The van der Waals surface area contributed by atoms with E-state index in [1.165, 1.54) is 9.80 Å². The molecule has 1 rings (SSSR count). The first-order chi connectivity index (χ1) is 7.91. The molecule has 2 N–H and O–H groups in total. The van der Waals surface area contributed by atoms with Gasteiger partial charge in [0, 0.05) is 13.6 Å². The van der Waals surface area contributed by atoms with Gasteiger partial charge in [0.25, 0.3) is 0 Å². The maximum Gasteiger partial charge on any atom is 0.242 e. The molecule has 0 aromatic carbocycles. The van der Waals surface area contributed by atoms with Gasteiger partial charge in [0.1, 0.15) is 11.1 Å². The lowest BCUT2D eigenvalue weighted by Crippen LogP contribution is -2.53. The molecule has 1 saturated heterocycles. The third-order valence-corrected chi connectivity index (χ3v) is 2.94. The maximum atomic E-state index is 11.6. The normalized spacial score (nSPS) is 18.5. The van der Waals surface area contributed by atoms with Gasteiger partial charge in [-0.3, -0.25) is 9.59 Å². The van der Waals surface area contributed by atoms with Crippen LogP contribution in [-0.4, -0.2) is 66.0 Å². The Morgan fingerprint density at radius 2 is 2.12 bits per heavy atom. The third-order valence-electron chi connectivity index (χ3n) is 2.61. The van der Waals surface area contributed by atoms with E-state index >= 15 is 0 Å². The zero-order valence-corrected chi connectivity index (χ0v) is 10.8. The molecule has 1 fully saturated rings. The number of ether oxygens (including phenoxy) is 1. The molecule has 1 heterocycles. The van der Waals surface area contributed by atoms with E-state index in [2.05, 4.69) is 0 Å². The van der Waals surface area contributed by atoms with E-state index in [4.69, 9.17) is 22.7 Å². The first kappa shape index (κ1) is 13.9. The molecule has 1 unspecified atom stereocenters. The molecule has 2 amide bonds. The summed E-state index contributed by atoms with van der Waals surface area (Å²) in [4.78, 5) is 26.2. The Labute approximate surface area is 106 Å². The average Bonchev–Trinajstić information content (AvgIpc) is 2.25. The lowest BCUT2D eigenvalue weighted by atomic mass is 10.3. The smallest absolute Gasteiger partial charge is 0.242 e. The van der Waals surface area contributed by atoms with Crippen molar-refractivity contribution in [2.45, 2.75) is 13.0 Å². The van der Waals surface area contributed by atoms with Gasteiger partial charge in [-0.05, 0) is 6.92 Å². The number of carbonyl (C=O) groups is 2. The molecule has 6 nitrogen and oxygen atoms in total. The van der Waals surface area contributed by atoms with Gasteiger partial charge < -0.3 is 20.3 Å². The molecule has 0 aromatic rings. The van der Waals surface area contributed by atoms with Crippen molar-refractivity contribution < 1.29 is 14.3 Å². The van der Waals surface area contributed by atoms with E-state index in [-0.39, 0.29) is 36.0 Å². The Kier molecular flexibility index (Phi) is 4.83. The fourth-order valence-electron chi connectivity index (χ4n) is 1.39. The van der Waals surface area contributed by atoms with Crippen LogP contribution < -0.4 is 5.73 Å². The summed E-state index contributed by atoms with van der Waals surface area (Å²) in [5.41, 5.74) is 5.39. The van der Waals surface area contributed by atoms with Crippen molar-refractivity contribution in [3.8, 4) is 0 Å². The van der Waals surface area contributed by atoms with Crippen LogP contribution in [0.2, 0.25) is 0 Å². The SMILES string of the molecule is CC(OCCN1CC(=O)N(C)CC1=O)C(N)=S. The Hall–Kier alpha value is -1.21. The van der Waals surface area contributed by atoms with E-state index in [0.717, 1.165) is 0 Å². The highest BCUT2D eigenvalue weighted by atomic mass is 32.1. The molecule has 0 bridgehead atoms. The average molecular weight is 259 g/mol. The summed E-state index contributed by atoms with van der Waals surface area (Å²) < 4.78 is 5.33. The number of hydrogen-bond donors (Lipinski definition) is 1. The first-order valence-corrected chi connectivity index (χ1v) is 5.75. The highest BCUT2D eigenvalue weighted by Gasteiger charge is 2.27. The molecule has 7 heteroatoms. The van der Waals surface area contributed by atoms with Gasteiger partial charge in [0.05, 0.1) is 19.7 Å². The van der Waals surface area contributed by atoms with E-state index in [1.807, 2.05) is 0 Å². The summed E-state index contributed by atoms with van der Waals surface area (Å²) in [7, 11) is 1.61. The van der Waals surface area contributed by atoms with E-state index in [9.17, 15) is 9.59 Å². The van der Waals surface area contributed by atoms with Crippen molar-refractivity contribution in [3.63, 3.8) is 0 Å². The highest BCUT2D eigenvalue weighted by Crippen LogP contribution is 2.02. The second kappa shape index (κ2) is 5.92. The number of carbonyl (C=O) groups excluding carboxylic acids is 2. The van der Waals surface area contributed by atoms with Crippen LogP contribution in [0.4, 0.5) is 0 Å². The Balaban J connectivity index is 2.34. The fourth-order valence-corrected chi connectivity index (χ4v) is 1.46. The van der Waals surface area contributed by atoms with Crippen LogP contribution in [0.1, 0.15) is 6.92 Å². The predicted molar refractivity (Wildman–Crippen MR) is 66.4 cm³/mol. The second-order valence-corrected chi connectivity index (χ2v) is 4.45. The van der Waals surface area contributed by atoms with Crippen molar-refractivity contribution in [2.75, 3.05) is 33.3 Å². The van der Waals surface area contributed by atoms with Crippen LogP contribution in [0, 0.1) is 0 Å². The van der Waals surface area contributed by atoms with E-state index < -0.39 is 0 Å². The van der Waals surface area contributed by atoms with Crippen LogP contribution in [-0.2, 0) is 14.3 Å². The molecule has 1 aliphatic rings. The molecular formula is C10H17N3O3S. The largest absolute Gasteiger partial charge is 0.391 e. The predicted octanol–water partition coefficient (Wildman–Crippen LogP) is -1.02. The number of likely N-dealkylation sites (N-methyl/N-ethyl adjacent to an activating group) is 1. The number of amides is 2. The summed E-state index contributed by atoms with van der Waals surface area (Å²) in [6.07, 6.45) is -0.316. The van der Waals surface area contributed by atoms with Crippen molar-refractivity contribution >= 4 is 29.0 Å². The van der Waals surface area contributed by atoms with Crippen molar-refractivity contribution in [3.05, 3.63) is 0 Å². The highest BCUT2D eigenvalue weighted by molar-refractivity contribution is 7.80. The monoisotopic (exact) mass is 259 g/mol. The van der Waals surface area contributed by atoms with Crippen LogP contribution in [0.15, 0.2) is 0 Å². The van der Waals surface area contributed by atoms with Gasteiger partial charge in [0.2, 0.25) is 11.8 Å². The minimum absolute atomic E-state index is 0.0630.